The van der Waals surface area contributed by atoms with E-state index < -0.39 is 0 Å². The van der Waals surface area contributed by atoms with Crippen LogP contribution in [0.25, 0.3) is 0 Å². The lowest BCUT2D eigenvalue weighted by Gasteiger charge is -2.10. The quantitative estimate of drug-likeness (QED) is 0.232. The van der Waals surface area contributed by atoms with E-state index in [0.29, 0.717) is 24.7 Å². The molecule has 4 aromatic rings. The van der Waals surface area contributed by atoms with Crippen molar-refractivity contribution in [1.82, 2.24) is 0 Å². The van der Waals surface area contributed by atoms with Crippen LogP contribution in [0.4, 0.5) is 0 Å². The van der Waals surface area contributed by atoms with E-state index in [-0.39, 0.29) is 21.2 Å². The van der Waals surface area contributed by atoms with E-state index in [0.717, 1.165) is 36.9 Å². The second-order valence-electron chi connectivity index (χ2n) is 8.31. The van der Waals surface area contributed by atoms with E-state index in [1.807, 2.05) is 36.4 Å². The third-order valence-corrected chi connectivity index (χ3v) is 12.3. The molecule has 4 rings (SSSR count). The second-order valence-corrected chi connectivity index (χ2v) is 15.8. The molecule has 0 aliphatic rings. The fourth-order valence-electron chi connectivity index (χ4n) is 3.47. The van der Waals surface area contributed by atoms with Crippen LogP contribution >= 0.6 is 90.4 Å². The largest absolute Gasteiger partial charge is 0.506 e. The van der Waals surface area contributed by atoms with E-state index in [9.17, 15) is 10.2 Å². The Morgan fingerprint density at radius 2 is 0.946 bits per heavy atom. The molecule has 0 heterocycles. The van der Waals surface area contributed by atoms with Crippen molar-refractivity contribution in [1.29, 1.82) is 0 Å². The lowest BCUT2D eigenvalue weighted by atomic mass is 10.2. The molecular weight excluding hydrogens is 1030 g/mol. The molecule has 0 radical (unpaired) electrons. The molecule has 0 aliphatic carbocycles. The van der Waals surface area contributed by atoms with Gasteiger partial charge in [-0.25, -0.2) is 0 Å². The molecule has 2 N–H and O–H groups in total. The highest BCUT2D eigenvalue weighted by molar-refractivity contribution is 14.1. The maximum Gasteiger partial charge on any atom is 0.358 e. The Morgan fingerprint density at radius 1 is 0.595 bits per heavy atom. The van der Waals surface area contributed by atoms with Gasteiger partial charge >= 0.3 is 21.2 Å². The zero-order chi connectivity index (χ0) is 26.7. The summed E-state index contributed by atoms with van der Waals surface area (Å²) in [5.41, 5.74) is 4.54. The second kappa shape index (κ2) is 13.4. The van der Waals surface area contributed by atoms with Crippen LogP contribution < -0.4 is 30.7 Å². The molecule has 0 spiro atoms. The minimum Gasteiger partial charge on any atom is -0.506 e. The van der Waals surface area contributed by atoms with E-state index in [1.54, 1.807) is 0 Å². The molecule has 0 aliphatic heterocycles. The zero-order valence-electron chi connectivity index (χ0n) is 19.8. The smallest absolute Gasteiger partial charge is 0.358 e. The van der Waals surface area contributed by atoms with Crippen molar-refractivity contribution in [2.45, 2.75) is 27.1 Å². The van der Waals surface area contributed by atoms with E-state index >= 15 is 0 Å². The van der Waals surface area contributed by atoms with Crippen LogP contribution in [0.15, 0.2) is 60.7 Å². The SMILES string of the molecule is Cc1cc(OCc2cc(I)c(O)c(I)c2)ccc1[I+]c1ccc(OCc2cc(I)c(O)c(I)c2)cc1C. The van der Waals surface area contributed by atoms with Crippen molar-refractivity contribution in [3.05, 3.63) is 104 Å². The standard InChI is InChI=1S/C28H21I5O4/c1-15-7-19(36-13-17-9-21(29)27(34)22(30)10-17)3-5-25(15)33-26-6-4-20(8-16(26)2)37-14-18-11-23(31)28(35)24(32)12-18/h3-12H,13-14H2,1-2H3,(H-,34,35)/p+1. The molecular formula is C28H22I5O4+. The Hall–Kier alpha value is -0.270. The van der Waals surface area contributed by atoms with Gasteiger partial charge in [-0.15, -0.1) is 0 Å². The van der Waals surface area contributed by atoms with Crippen molar-refractivity contribution >= 4 is 90.4 Å². The Balaban J connectivity index is 1.38. The number of aromatic hydroxyl groups is 2. The van der Waals surface area contributed by atoms with Gasteiger partial charge in [0.05, 0.1) is 14.3 Å². The summed E-state index contributed by atoms with van der Waals surface area (Å²) in [6, 6.07) is 20.5. The summed E-state index contributed by atoms with van der Waals surface area (Å²) in [7, 11) is 0. The van der Waals surface area contributed by atoms with Gasteiger partial charge in [0.2, 0.25) is 0 Å². The summed E-state index contributed by atoms with van der Waals surface area (Å²) in [6.07, 6.45) is 0. The minimum atomic E-state index is -0.345. The molecule has 0 unspecified atom stereocenters. The molecule has 0 atom stereocenters. The number of phenolic OH excluding ortho intramolecular Hbond substituents is 2. The van der Waals surface area contributed by atoms with Crippen molar-refractivity contribution in [2.24, 2.45) is 0 Å². The third kappa shape index (κ3) is 7.90. The van der Waals surface area contributed by atoms with Gasteiger partial charge < -0.3 is 19.7 Å². The number of phenols is 2. The van der Waals surface area contributed by atoms with Gasteiger partial charge in [0.1, 0.15) is 36.2 Å². The van der Waals surface area contributed by atoms with Crippen molar-refractivity contribution in [2.75, 3.05) is 0 Å². The van der Waals surface area contributed by atoms with Crippen LogP contribution in [0, 0.1) is 35.3 Å². The molecule has 37 heavy (non-hydrogen) atoms. The average Bonchev–Trinajstić information content (AvgIpc) is 2.85. The summed E-state index contributed by atoms with van der Waals surface area (Å²) in [6.45, 7) is 5.20. The number of benzene rings is 4. The predicted molar refractivity (Wildman–Crippen MR) is 175 cm³/mol. The van der Waals surface area contributed by atoms with Crippen LogP contribution in [-0.2, 0) is 13.2 Å². The molecule has 0 aromatic heterocycles. The Kier molecular flexibility index (Phi) is 10.8. The summed E-state index contributed by atoms with van der Waals surface area (Å²) < 4.78 is 18.1. The third-order valence-electron chi connectivity index (χ3n) is 5.43. The van der Waals surface area contributed by atoms with Gasteiger partial charge in [-0.1, -0.05) is 0 Å². The summed E-state index contributed by atoms with van der Waals surface area (Å²) in [5.74, 6) is 2.35. The maximum absolute atomic E-state index is 9.97. The molecule has 0 amide bonds. The van der Waals surface area contributed by atoms with Crippen molar-refractivity contribution in [3.63, 3.8) is 0 Å². The first-order valence-electron chi connectivity index (χ1n) is 11.1. The van der Waals surface area contributed by atoms with Gasteiger partial charge in [0.15, 0.2) is 7.14 Å². The highest BCUT2D eigenvalue weighted by atomic mass is 127. The Bertz CT molecular complexity index is 1300. The lowest BCUT2D eigenvalue weighted by Crippen LogP contribution is -3.62. The number of hydrogen-bond donors (Lipinski definition) is 2. The van der Waals surface area contributed by atoms with Crippen molar-refractivity contribution < 1.29 is 40.9 Å². The molecule has 0 fully saturated rings. The molecule has 4 aromatic carbocycles. The van der Waals surface area contributed by atoms with Gasteiger partial charge in [0, 0.05) is 11.1 Å². The summed E-state index contributed by atoms with van der Waals surface area (Å²) in [4.78, 5) is 0. The lowest BCUT2D eigenvalue weighted by molar-refractivity contribution is -0.598. The maximum atomic E-state index is 9.97. The topological polar surface area (TPSA) is 58.9 Å². The molecule has 0 saturated carbocycles. The van der Waals surface area contributed by atoms with Crippen LogP contribution in [0.2, 0.25) is 0 Å². The molecule has 0 saturated heterocycles. The van der Waals surface area contributed by atoms with E-state index in [1.165, 1.54) is 18.3 Å². The van der Waals surface area contributed by atoms with Crippen LogP contribution in [0.5, 0.6) is 23.0 Å². The predicted octanol–water partition coefficient (Wildman–Crippen LogP) is 5.42. The number of halogens is 5. The Labute approximate surface area is 281 Å². The zero-order valence-corrected chi connectivity index (χ0v) is 30.6. The first-order chi connectivity index (χ1) is 17.6. The number of hydrogen-bond acceptors (Lipinski definition) is 4. The molecule has 192 valence electrons. The van der Waals surface area contributed by atoms with Gasteiger partial charge in [0.25, 0.3) is 0 Å². The highest BCUT2D eigenvalue weighted by Crippen LogP contribution is 2.29. The summed E-state index contributed by atoms with van der Waals surface area (Å²) in [5, 5.41) is 19.9. The molecule has 4 nitrogen and oxygen atoms in total. The van der Waals surface area contributed by atoms with Gasteiger partial charge in [-0.05, 0) is 176 Å². The van der Waals surface area contributed by atoms with Gasteiger partial charge in [-0.3, -0.25) is 0 Å². The minimum absolute atomic E-state index is 0.325. The normalized spacial score (nSPS) is 11.0. The molecule has 0 bridgehead atoms. The fraction of sp³-hybridized carbons (Fsp3) is 0.143. The number of rotatable bonds is 8. The first-order valence-corrected chi connectivity index (χ1v) is 17.5. The van der Waals surface area contributed by atoms with Crippen LogP contribution in [-0.4, -0.2) is 10.2 Å². The van der Waals surface area contributed by atoms with E-state index in [4.69, 9.17) is 9.47 Å². The van der Waals surface area contributed by atoms with Crippen molar-refractivity contribution in [3.8, 4) is 23.0 Å². The van der Waals surface area contributed by atoms with Gasteiger partial charge in [-0.2, -0.15) is 0 Å². The first kappa shape index (κ1) is 29.7. The monoisotopic (exact) mass is 1060 g/mol. The highest BCUT2D eigenvalue weighted by Gasteiger charge is 2.21. The number of aryl methyl sites for hydroxylation is 2. The van der Waals surface area contributed by atoms with Crippen LogP contribution in [0.3, 0.4) is 0 Å². The summed E-state index contributed by atoms with van der Waals surface area (Å²) >= 11 is 8.22. The van der Waals surface area contributed by atoms with E-state index in [2.05, 4.69) is 128 Å². The Morgan fingerprint density at radius 3 is 1.27 bits per heavy atom. The van der Waals surface area contributed by atoms with Crippen LogP contribution in [0.1, 0.15) is 22.3 Å². The average molecular weight is 1060 g/mol. The number of ether oxygens (including phenoxy) is 2. The molecule has 9 heteroatoms. The fourth-order valence-corrected chi connectivity index (χ4v) is 9.77.